The van der Waals surface area contributed by atoms with Gasteiger partial charge in [-0.05, 0) is 75.0 Å². The average molecular weight is 824 g/mol. The van der Waals surface area contributed by atoms with Crippen molar-refractivity contribution in [1.82, 2.24) is 4.90 Å². The third-order valence-corrected chi connectivity index (χ3v) is 12.5. The minimum Gasteiger partial charge on any atom is -0.748 e. The molecule has 0 atom stereocenters. The molecular weight excluding hydrogens is 784 g/mol. The molecule has 1 aliphatic carbocycles. The molecule has 0 radical (unpaired) electrons. The molecule has 0 bridgehead atoms. The second-order valence-corrected chi connectivity index (χ2v) is 18.8. The van der Waals surface area contributed by atoms with E-state index in [1.807, 2.05) is 66.0 Å². The molecule has 0 aromatic heterocycles. The van der Waals surface area contributed by atoms with E-state index in [0.29, 0.717) is 35.1 Å². The van der Waals surface area contributed by atoms with Crippen LogP contribution in [0.5, 0.6) is 0 Å². The monoisotopic (exact) mass is 823 g/mol. The Hall–Kier alpha value is -1.18. The standard InChI is InChI=1S/C35H42ClN3O9S3.2Na/c1-34(2)27-11-6-18-38(19-7-21-49(40,41)42)33(27)37-30(34)16-12-24-9-5-10-25(32(24)36)13-17-31-35(3,4)28-23-26(51(46,47)48)14-15-29(28)39(31)20-8-22-50(43,44)45;;/h6,11-18,23H,5,7-10,19-22H2,1-4H3,(H2-,40,41,42,43,44,45,46,47,48);;/q;2*+1/p-2. The van der Waals surface area contributed by atoms with Crippen LogP contribution in [0, 0.1) is 5.41 Å². The van der Waals surface area contributed by atoms with E-state index in [1.165, 1.54) is 18.2 Å². The van der Waals surface area contributed by atoms with Gasteiger partial charge in [0.25, 0.3) is 0 Å². The van der Waals surface area contributed by atoms with Crippen LogP contribution >= 0.6 is 11.6 Å². The summed E-state index contributed by atoms with van der Waals surface area (Å²) in [4.78, 5) is 6.39. The number of hydrogen-bond acceptors (Lipinski definition) is 11. The summed E-state index contributed by atoms with van der Waals surface area (Å²) in [6.07, 6.45) is 15.8. The van der Waals surface area contributed by atoms with Gasteiger partial charge in [-0.25, -0.2) is 30.2 Å². The zero-order valence-corrected chi connectivity index (χ0v) is 38.0. The van der Waals surface area contributed by atoms with Crippen LogP contribution < -0.4 is 59.1 Å². The molecule has 0 fully saturated rings. The van der Waals surface area contributed by atoms with E-state index in [4.69, 9.17) is 16.6 Å². The predicted octanol–water partition coefficient (Wildman–Crippen LogP) is -0.917. The van der Waals surface area contributed by atoms with E-state index < -0.39 is 52.7 Å². The average Bonchev–Trinajstić information content (AvgIpc) is 3.39. The SMILES string of the molecule is CC1(C)C2=CC=CN(CCCS(=O)(=O)[O-])C2=N/C1=C/C=C1\CCCC(/C=C/C2=[N+](CCCS(=O)(=O)[O-])c3ccc(S(=O)(=O)[O-])cc3C2(C)C)=C1Cl.[Na+].[Na+]. The van der Waals surface area contributed by atoms with Crippen molar-refractivity contribution < 1.29 is 103 Å². The molecule has 3 heterocycles. The van der Waals surface area contributed by atoms with Crippen LogP contribution in [0.3, 0.4) is 0 Å². The maximum absolute atomic E-state index is 11.8. The Bertz CT molecular complexity index is 2240. The summed E-state index contributed by atoms with van der Waals surface area (Å²) in [5.74, 6) is -0.313. The second kappa shape index (κ2) is 17.5. The first-order chi connectivity index (χ1) is 23.6. The Balaban J connectivity index is 0.00000378. The van der Waals surface area contributed by atoms with Crippen molar-refractivity contribution >= 4 is 59.2 Å². The summed E-state index contributed by atoms with van der Waals surface area (Å²) in [7, 11) is -13.5. The summed E-state index contributed by atoms with van der Waals surface area (Å²) in [6, 6.07) is 4.11. The Morgan fingerprint density at radius 2 is 1.57 bits per heavy atom. The van der Waals surface area contributed by atoms with Gasteiger partial charge in [-0.15, -0.1) is 0 Å². The number of aliphatic imine (C=N–C) groups is 1. The van der Waals surface area contributed by atoms with Crippen LogP contribution in [0.15, 0.2) is 98.2 Å². The van der Waals surface area contributed by atoms with Gasteiger partial charge < -0.3 is 18.6 Å². The fourth-order valence-corrected chi connectivity index (χ4v) is 8.68. The third-order valence-electron chi connectivity index (χ3n) is 9.64. The largest absolute Gasteiger partial charge is 1.00 e. The van der Waals surface area contributed by atoms with E-state index in [1.54, 1.807) is 0 Å². The molecule has 18 heteroatoms. The third kappa shape index (κ3) is 10.8. The smallest absolute Gasteiger partial charge is 0.748 e. The van der Waals surface area contributed by atoms with Gasteiger partial charge in [-0.2, -0.15) is 4.58 Å². The van der Waals surface area contributed by atoms with Gasteiger partial charge in [0.2, 0.25) is 5.69 Å². The van der Waals surface area contributed by atoms with Gasteiger partial charge in [0.1, 0.15) is 22.5 Å². The summed E-state index contributed by atoms with van der Waals surface area (Å²) in [6.45, 7) is 8.37. The topological polar surface area (TPSA) is 190 Å². The molecule has 1 aromatic carbocycles. The van der Waals surface area contributed by atoms with E-state index >= 15 is 0 Å². The van der Waals surface area contributed by atoms with Gasteiger partial charge in [-0.3, -0.25) is 0 Å². The molecule has 0 saturated heterocycles. The summed E-state index contributed by atoms with van der Waals surface area (Å²) >= 11 is 7.00. The van der Waals surface area contributed by atoms with Gasteiger partial charge in [0, 0.05) is 64.4 Å². The number of allylic oxidation sites excluding steroid dienone is 10. The first-order valence-corrected chi connectivity index (χ1v) is 21.4. The predicted molar refractivity (Wildman–Crippen MR) is 193 cm³/mol. The second-order valence-electron chi connectivity index (χ2n) is 14.0. The summed E-state index contributed by atoms with van der Waals surface area (Å²) < 4.78 is 105. The molecular formula is C35H40ClN3Na2O9S3. The molecule has 0 amide bonds. The molecule has 12 nitrogen and oxygen atoms in total. The number of rotatable bonds is 12. The molecule has 5 rings (SSSR count). The fourth-order valence-electron chi connectivity index (χ4n) is 6.90. The van der Waals surface area contributed by atoms with Crippen LogP contribution in [-0.4, -0.2) is 84.5 Å². The molecule has 1 aromatic rings. The Kier molecular flexibility index (Phi) is 15.3. The van der Waals surface area contributed by atoms with E-state index in [-0.39, 0.29) is 83.4 Å². The van der Waals surface area contributed by atoms with Gasteiger partial charge in [-0.1, -0.05) is 43.7 Å². The van der Waals surface area contributed by atoms with Crippen molar-refractivity contribution in [3.63, 3.8) is 0 Å². The van der Waals surface area contributed by atoms with Crippen LogP contribution in [-0.2, 0) is 35.8 Å². The van der Waals surface area contributed by atoms with Gasteiger partial charge in [0.05, 0.1) is 36.2 Å². The molecule has 53 heavy (non-hydrogen) atoms. The van der Waals surface area contributed by atoms with Crippen molar-refractivity contribution in [3.05, 3.63) is 93.9 Å². The number of amidine groups is 1. The zero-order chi connectivity index (χ0) is 37.6. The van der Waals surface area contributed by atoms with Crippen molar-refractivity contribution in [2.24, 2.45) is 10.4 Å². The van der Waals surface area contributed by atoms with Crippen LogP contribution in [0.1, 0.15) is 65.4 Å². The summed E-state index contributed by atoms with van der Waals surface area (Å²) in [5.41, 5.74) is 4.25. The first-order valence-electron chi connectivity index (χ1n) is 16.5. The molecule has 3 aliphatic heterocycles. The normalized spacial score (nSPS) is 21.1. The molecule has 276 valence electrons. The number of fused-ring (bicyclic) bond motifs is 2. The fraction of sp³-hybridized carbons (Fsp3) is 0.429. The molecule has 0 saturated carbocycles. The number of hydrogen-bond donors (Lipinski definition) is 0. The molecule has 0 spiro atoms. The number of nitrogens with zero attached hydrogens (tertiary/aromatic N) is 3. The van der Waals surface area contributed by atoms with E-state index in [2.05, 4.69) is 13.8 Å². The van der Waals surface area contributed by atoms with Crippen LogP contribution in [0.25, 0.3) is 0 Å². The molecule has 4 aliphatic rings. The van der Waals surface area contributed by atoms with Gasteiger partial charge >= 0.3 is 59.1 Å². The quantitative estimate of drug-likeness (QED) is 0.145. The number of halogens is 1. The van der Waals surface area contributed by atoms with Crippen LogP contribution in [0.2, 0.25) is 0 Å². The maximum atomic E-state index is 11.8. The Morgan fingerprint density at radius 1 is 0.906 bits per heavy atom. The van der Waals surface area contributed by atoms with Crippen molar-refractivity contribution in [1.29, 1.82) is 0 Å². The van der Waals surface area contributed by atoms with Crippen molar-refractivity contribution in [2.75, 3.05) is 24.6 Å². The zero-order valence-electron chi connectivity index (χ0n) is 30.8. The first kappa shape index (κ1) is 46.2. The van der Waals surface area contributed by atoms with Crippen LogP contribution in [0.4, 0.5) is 5.69 Å². The minimum absolute atomic E-state index is 0. The minimum atomic E-state index is -4.72. The van der Waals surface area contributed by atoms with E-state index in [0.717, 1.165) is 41.0 Å². The van der Waals surface area contributed by atoms with Crippen molar-refractivity contribution in [3.8, 4) is 0 Å². The van der Waals surface area contributed by atoms with E-state index in [9.17, 15) is 38.9 Å². The van der Waals surface area contributed by atoms with Gasteiger partial charge in [0.15, 0.2) is 5.71 Å². The molecule has 0 N–H and O–H groups in total. The summed E-state index contributed by atoms with van der Waals surface area (Å²) in [5, 5.41) is 0.578. The molecule has 0 unspecified atom stereocenters. The number of benzene rings is 1. The Labute approximate surface area is 362 Å². The maximum Gasteiger partial charge on any atom is 1.00 e. The van der Waals surface area contributed by atoms with Crippen molar-refractivity contribution in [2.45, 2.75) is 70.1 Å². The Morgan fingerprint density at radius 3 is 2.21 bits per heavy atom.